The third-order valence-corrected chi connectivity index (χ3v) is 4.33. The SMILES string of the molecule is CN=C(NCCCOc1ccc(OC)cc1)NCCc1csc(C)n1. The lowest BCUT2D eigenvalue weighted by molar-refractivity contribution is 0.310. The number of aromatic nitrogens is 1. The van der Waals surface area contributed by atoms with Crippen molar-refractivity contribution in [2.75, 3.05) is 33.9 Å². The molecule has 0 bridgehead atoms. The van der Waals surface area contributed by atoms with E-state index >= 15 is 0 Å². The fourth-order valence-corrected chi connectivity index (χ4v) is 2.84. The molecular formula is C18H26N4O2S. The zero-order valence-electron chi connectivity index (χ0n) is 15.0. The van der Waals surface area contributed by atoms with Crippen LogP contribution in [0.2, 0.25) is 0 Å². The van der Waals surface area contributed by atoms with E-state index in [1.165, 1.54) is 0 Å². The smallest absolute Gasteiger partial charge is 0.190 e. The van der Waals surface area contributed by atoms with Gasteiger partial charge in [-0.3, -0.25) is 4.99 Å². The van der Waals surface area contributed by atoms with Gasteiger partial charge < -0.3 is 20.1 Å². The van der Waals surface area contributed by atoms with Crippen molar-refractivity contribution in [3.05, 3.63) is 40.3 Å². The highest BCUT2D eigenvalue weighted by molar-refractivity contribution is 7.09. The first-order valence-corrected chi connectivity index (χ1v) is 9.21. The molecule has 1 aromatic carbocycles. The van der Waals surface area contributed by atoms with E-state index in [9.17, 15) is 0 Å². The Hall–Kier alpha value is -2.28. The highest BCUT2D eigenvalue weighted by Gasteiger charge is 2.01. The molecule has 25 heavy (non-hydrogen) atoms. The quantitative estimate of drug-likeness (QED) is 0.408. The van der Waals surface area contributed by atoms with E-state index in [0.717, 1.165) is 54.1 Å². The fourth-order valence-electron chi connectivity index (χ4n) is 2.19. The number of hydrogen-bond acceptors (Lipinski definition) is 5. The Bertz CT molecular complexity index is 655. The molecule has 1 aromatic heterocycles. The first kappa shape index (κ1) is 19.1. The van der Waals surface area contributed by atoms with Crippen molar-refractivity contribution in [2.24, 2.45) is 4.99 Å². The van der Waals surface area contributed by atoms with Crippen LogP contribution in [0.1, 0.15) is 17.1 Å². The number of aliphatic imine (C=N–C) groups is 1. The van der Waals surface area contributed by atoms with Gasteiger partial charge in [-0.05, 0) is 37.6 Å². The molecule has 7 heteroatoms. The van der Waals surface area contributed by atoms with Gasteiger partial charge in [-0.1, -0.05) is 0 Å². The first-order valence-electron chi connectivity index (χ1n) is 8.33. The van der Waals surface area contributed by atoms with E-state index in [4.69, 9.17) is 9.47 Å². The van der Waals surface area contributed by atoms with Gasteiger partial charge in [-0.2, -0.15) is 0 Å². The molecule has 0 fully saturated rings. The fraction of sp³-hybridized carbons (Fsp3) is 0.444. The lowest BCUT2D eigenvalue weighted by atomic mass is 10.3. The molecule has 1 heterocycles. The molecule has 0 aliphatic rings. The highest BCUT2D eigenvalue weighted by Crippen LogP contribution is 2.16. The molecule has 136 valence electrons. The zero-order chi connectivity index (χ0) is 17.9. The molecule has 0 saturated heterocycles. The van der Waals surface area contributed by atoms with E-state index in [1.807, 2.05) is 31.2 Å². The molecule has 0 amide bonds. The normalized spacial score (nSPS) is 11.2. The Morgan fingerprint density at radius 1 is 1.16 bits per heavy atom. The molecule has 0 saturated carbocycles. The van der Waals surface area contributed by atoms with Crippen molar-refractivity contribution in [3.8, 4) is 11.5 Å². The van der Waals surface area contributed by atoms with Crippen LogP contribution in [-0.2, 0) is 6.42 Å². The number of methoxy groups -OCH3 is 1. The summed E-state index contributed by atoms with van der Waals surface area (Å²) >= 11 is 1.68. The lowest BCUT2D eigenvalue weighted by Gasteiger charge is -2.12. The number of benzene rings is 1. The number of aryl methyl sites for hydroxylation is 1. The van der Waals surface area contributed by atoms with E-state index in [1.54, 1.807) is 25.5 Å². The van der Waals surface area contributed by atoms with Gasteiger partial charge in [-0.25, -0.2) is 4.98 Å². The average molecular weight is 362 g/mol. The molecule has 0 radical (unpaired) electrons. The third kappa shape index (κ3) is 7.01. The van der Waals surface area contributed by atoms with Crippen LogP contribution in [0, 0.1) is 6.92 Å². The van der Waals surface area contributed by atoms with Crippen molar-refractivity contribution >= 4 is 17.3 Å². The van der Waals surface area contributed by atoms with E-state index in [-0.39, 0.29) is 0 Å². The molecule has 0 aliphatic carbocycles. The Kier molecular flexibility index (Phi) is 8.04. The molecule has 0 aliphatic heterocycles. The Balaban J connectivity index is 1.57. The van der Waals surface area contributed by atoms with Gasteiger partial charge >= 0.3 is 0 Å². The molecule has 0 unspecified atom stereocenters. The van der Waals surface area contributed by atoms with Crippen LogP contribution in [0.5, 0.6) is 11.5 Å². The lowest BCUT2D eigenvalue weighted by Crippen LogP contribution is -2.39. The van der Waals surface area contributed by atoms with Crippen LogP contribution in [-0.4, -0.2) is 44.8 Å². The summed E-state index contributed by atoms with van der Waals surface area (Å²) in [5, 5.41) is 9.79. The second-order valence-corrected chi connectivity index (χ2v) is 6.47. The first-order chi connectivity index (χ1) is 12.2. The van der Waals surface area contributed by atoms with Gasteiger partial charge in [0, 0.05) is 31.9 Å². The summed E-state index contributed by atoms with van der Waals surface area (Å²) < 4.78 is 10.8. The third-order valence-electron chi connectivity index (χ3n) is 3.51. The maximum atomic E-state index is 5.70. The topological polar surface area (TPSA) is 67.8 Å². The second kappa shape index (κ2) is 10.6. The molecule has 6 nitrogen and oxygen atoms in total. The van der Waals surface area contributed by atoms with Gasteiger partial charge in [-0.15, -0.1) is 11.3 Å². The highest BCUT2D eigenvalue weighted by atomic mass is 32.1. The number of nitrogens with zero attached hydrogens (tertiary/aromatic N) is 2. The van der Waals surface area contributed by atoms with Crippen molar-refractivity contribution in [3.63, 3.8) is 0 Å². The Morgan fingerprint density at radius 2 is 1.88 bits per heavy atom. The van der Waals surface area contributed by atoms with E-state index < -0.39 is 0 Å². The van der Waals surface area contributed by atoms with Gasteiger partial charge in [0.15, 0.2) is 5.96 Å². The summed E-state index contributed by atoms with van der Waals surface area (Å²) in [6.07, 6.45) is 1.78. The van der Waals surface area contributed by atoms with Crippen LogP contribution in [0.25, 0.3) is 0 Å². The summed E-state index contributed by atoms with van der Waals surface area (Å²) in [7, 11) is 3.43. The largest absolute Gasteiger partial charge is 0.497 e. The molecule has 2 aromatic rings. The Labute approximate surface area is 153 Å². The number of guanidine groups is 1. The van der Waals surface area contributed by atoms with Gasteiger partial charge in [0.25, 0.3) is 0 Å². The van der Waals surface area contributed by atoms with Crippen molar-refractivity contribution in [2.45, 2.75) is 19.8 Å². The van der Waals surface area contributed by atoms with Crippen LogP contribution >= 0.6 is 11.3 Å². The van der Waals surface area contributed by atoms with Crippen LogP contribution in [0.3, 0.4) is 0 Å². The second-order valence-electron chi connectivity index (χ2n) is 5.41. The molecule has 0 spiro atoms. The number of thiazole rings is 1. The summed E-state index contributed by atoms with van der Waals surface area (Å²) in [6, 6.07) is 7.60. The van der Waals surface area contributed by atoms with Crippen molar-refractivity contribution < 1.29 is 9.47 Å². The molecule has 2 rings (SSSR count). The minimum atomic E-state index is 0.647. The summed E-state index contributed by atoms with van der Waals surface area (Å²) in [4.78, 5) is 8.67. The number of ether oxygens (including phenoxy) is 2. The van der Waals surface area contributed by atoms with Gasteiger partial charge in [0.2, 0.25) is 0 Å². The minimum Gasteiger partial charge on any atom is -0.497 e. The summed E-state index contributed by atoms with van der Waals surface area (Å²) in [5.74, 6) is 2.48. The maximum Gasteiger partial charge on any atom is 0.190 e. The summed E-state index contributed by atoms with van der Waals surface area (Å²) in [5.41, 5.74) is 1.12. The Morgan fingerprint density at radius 3 is 2.52 bits per heavy atom. The van der Waals surface area contributed by atoms with Gasteiger partial charge in [0.1, 0.15) is 11.5 Å². The summed E-state index contributed by atoms with van der Waals surface area (Å²) in [6.45, 7) is 4.28. The minimum absolute atomic E-state index is 0.647. The van der Waals surface area contributed by atoms with Crippen molar-refractivity contribution in [1.82, 2.24) is 15.6 Å². The molecule has 2 N–H and O–H groups in total. The van der Waals surface area contributed by atoms with Crippen LogP contribution < -0.4 is 20.1 Å². The standard InChI is InChI=1S/C18H26N4O2S/c1-14-22-15(13-25-14)9-11-21-18(19-2)20-10-4-12-24-17-7-5-16(23-3)6-8-17/h5-8,13H,4,9-12H2,1-3H3,(H2,19,20,21). The zero-order valence-corrected chi connectivity index (χ0v) is 15.9. The molecule has 0 atom stereocenters. The van der Waals surface area contributed by atoms with E-state index in [0.29, 0.717) is 6.61 Å². The number of rotatable bonds is 9. The molecular weight excluding hydrogens is 336 g/mol. The maximum absolute atomic E-state index is 5.70. The van der Waals surface area contributed by atoms with Crippen LogP contribution in [0.15, 0.2) is 34.6 Å². The monoisotopic (exact) mass is 362 g/mol. The number of hydrogen-bond donors (Lipinski definition) is 2. The van der Waals surface area contributed by atoms with Gasteiger partial charge in [0.05, 0.1) is 24.4 Å². The number of nitrogens with one attached hydrogen (secondary N) is 2. The van der Waals surface area contributed by atoms with E-state index in [2.05, 4.69) is 26.0 Å². The van der Waals surface area contributed by atoms with Crippen molar-refractivity contribution in [1.29, 1.82) is 0 Å². The average Bonchev–Trinajstić information content (AvgIpc) is 3.05. The predicted molar refractivity (Wildman–Crippen MR) is 103 cm³/mol. The van der Waals surface area contributed by atoms with Crippen LogP contribution in [0.4, 0.5) is 0 Å². The predicted octanol–water partition coefficient (Wildman–Crippen LogP) is 2.64.